The topological polar surface area (TPSA) is 56.1 Å². The molecule has 0 aliphatic heterocycles. The fourth-order valence-corrected chi connectivity index (χ4v) is 3.00. The van der Waals surface area contributed by atoms with Crippen LogP contribution in [0.25, 0.3) is 0 Å². The van der Waals surface area contributed by atoms with E-state index in [1.807, 2.05) is 13.0 Å². The summed E-state index contributed by atoms with van der Waals surface area (Å²) in [4.78, 5) is 12.5. The number of benzene rings is 2. The first-order valence-corrected chi connectivity index (χ1v) is 8.83. The number of anilines is 1. The molecule has 134 valence electrons. The molecule has 0 bridgehead atoms. The van der Waals surface area contributed by atoms with Crippen molar-refractivity contribution < 1.29 is 9.53 Å². The third-order valence-corrected chi connectivity index (χ3v) is 4.40. The second-order valence-electron chi connectivity index (χ2n) is 5.48. The van der Waals surface area contributed by atoms with E-state index in [1.165, 1.54) is 0 Å². The van der Waals surface area contributed by atoms with Crippen LogP contribution in [0.1, 0.15) is 22.8 Å². The van der Waals surface area contributed by atoms with Gasteiger partial charge in [-0.25, -0.2) is 0 Å². The molecule has 7 heteroatoms. The van der Waals surface area contributed by atoms with E-state index in [0.29, 0.717) is 40.3 Å². The van der Waals surface area contributed by atoms with Crippen LogP contribution in [0.2, 0.25) is 10.0 Å². The summed E-state index contributed by atoms with van der Waals surface area (Å²) < 4.78 is 7.15. The van der Waals surface area contributed by atoms with E-state index in [0.717, 1.165) is 5.56 Å². The molecular formula is C19H17Cl2N3O2. The molecule has 1 aromatic heterocycles. The first kappa shape index (κ1) is 18.3. The number of rotatable bonds is 6. The first-order valence-electron chi connectivity index (χ1n) is 8.08. The average Bonchev–Trinajstić information content (AvgIpc) is 3.06. The number of halogens is 2. The maximum absolute atomic E-state index is 12.5. The van der Waals surface area contributed by atoms with E-state index in [4.69, 9.17) is 27.9 Å². The predicted octanol–water partition coefficient (Wildman–Crippen LogP) is 4.89. The molecule has 5 nitrogen and oxygen atoms in total. The largest absolute Gasteiger partial charge is 0.493 e. The van der Waals surface area contributed by atoms with E-state index < -0.39 is 0 Å². The van der Waals surface area contributed by atoms with Crippen molar-refractivity contribution in [1.29, 1.82) is 0 Å². The highest BCUT2D eigenvalue weighted by Gasteiger charge is 2.14. The predicted molar refractivity (Wildman–Crippen MR) is 103 cm³/mol. The van der Waals surface area contributed by atoms with Gasteiger partial charge >= 0.3 is 0 Å². The fraction of sp³-hybridized carbons (Fsp3) is 0.158. The lowest BCUT2D eigenvalue weighted by Gasteiger charge is -2.09. The Morgan fingerprint density at radius 1 is 1.12 bits per heavy atom. The third kappa shape index (κ3) is 4.18. The van der Waals surface area contributed by atoms with Crippen LogP contribution >= 0.6 is 23.2 Å². The van der Waals surface area contributed by atoms with Gasteiger partial charge in [-0.05, 0) is 31.2 Å². The Bertz CT molecular complexity index is 904. The van der Waals surface area contributed by atoms with Gasteiger partial charge in [0.15, 0.2) is 5.82 Å². The maximum atomic E-state index is 12.5. The van der Waals surface area contributed by atoms with Gasteiger partial charge in [0.25, 0.3) is 5.91 Å². The third-order valence-electron chi connectivity index (χ3n) is 3.70. The fourth-order valence-electron chi connectivity index (χ4n) is 2.48. The number of hydrogen-bond acceptors (Lipinski definition) is 3. The molecule has 0 aliphatic carbocycles. The minimum Gasteiger partial charge on any atom is -0.493 e. The average molecular weight is 390 g/mol. The quantitative estimate of drug-likeness (QED) is 0.652. The molecule has 0 saturated heterocycles. The van der Waals surface area contributed by atoms with Crippen molar-refractivity contribution in [2.24, 2.45) is 0 Å². The zero-order valence-corrected chi connectivity index (χ0v) is 15.6. The van der Waals surface area contributed by atoms with Gasteiger partial charge in [0.05, 0.1) is 18.7 Å². The van der Waals surface area contributed by atoms with Crippen LogP contribution in [0.5, 0.6) is 5.75 Å². The molecule has 0 saturated carbocycles. The van der Waals surface area contributed by atoms with Gasteiger partial charge in [-0.15, -0.1) is 0 Å². The zero-order valence-electron chi connectivity index (χ0n) is 14.1. The molecule has 3 rings (SSSR count). The summed E-state index contributed by atoms with van der Waals surface area (Å²) in [7, 11) is 0. The Labute approximate surface area is 161 Å². The number of carbonyl (C=O) groups excluding carboxylic acids is 1. The number of para-hydroxylation sites is 1. The molecule has 0 atom stereocenters. The number of amides is 1. The molecule has 0 fully saturated rings. The van der Waals surface area contributed by atoms with E-state index in [2.05, 4.69) is 10.4 Å². The van der Waals surface area contributed by atoms with Crippen molar-refractivity contribution in [3.05, 3.63) is 75.9 Å². The lowest BCUT2D eigenvalue weighted by atomic mass is 10.2. The number of aromatic nitrogens is 2. The first-order chi connectivity index (χ1) is 12.6. The van der Waals surface area contributed by atoms with Crippen LogP contribution in [0.4, 0.5) is 5.82 Å². The molecule has 1 amide bonds. The minimum atomic E-state index is -0.282. The van der Waals surface area contributed by atoms with Gasteiger partial charge in [0.2, 0.25) is 0 Å². The number of nitrogens with one attached hydrogen (secondary N) is 1. The van der Waals surface area contributed by atoms with Gasteiger partial charge in [0, 0.05) is 27.9 Å². The molecule has 2 aromatic carbocycles. The van der Waals surface area contributed by atoms with Gasteiger partial charge < -0.3 is 10.1 Å². The standard InChI is InChI=1S/C19H17Cl2N3O2/c1-2-26-17-9-4-3-6-13(17)19(25)22-18-10-11-24(23-18)12-14-15(20)7-5-8-16(14)21/h3-11H,2,12H2,1H3,(H,22,23,25). The van der Waals surface area contributed by atoms with Crippen molar-refractivity contribution in [3.8, 4) is 5.75 Å². The van der Waals surface area contributed by atoms with Crippen LogP contribution < -0.4 is 10.1 Å². The van der Waals surface area contributed by atoms with Crippen LogP contribution in [0.3, 0.4) is 0 Å². The van der Waals surface area contributed by atoms with Crippen molar-refractivity contribution in [1.82, 2.24) is 9.78 Å². The van der Waals surface area contributed by atoms with Crippen molar-refractivity contribution in [2.45, 2.75) is 13.5 Å². The molecule has 3 aromatic rings. The second-order valence-corrected chi connectivity index (χ2v) is 6.30. The molecule has 0 aliphatic rings. The minimum absolute atomic E-state index is 0.282. The molecule has 1 N–H and O–H groups in total. The summed E-state index contributed by atoms with van der Waals surface area (Å²) >= 11 is 12.4. The zero-order chi connectivity index (χ0) is 18.5. The van der Waals surface area contributed by atoms with E-state index >= 15 is 0 Å². The van der Waals surface area contributed by atoms with Crippen LogP contribution in [0, 0.1) is 0 Å². The second kappa shape index (κ2) is 8.25. The van der Waals surface area contributed by atoms with Crippen molar-refractivity contribution in [2.75, 3.05) is 11.9 Å². The Hall–Kier alpha value is -2.50. The maximum Gasteiger partial charge on any atom is 0.260 e. The van der Waals surface area contributed by atoms with Gasteiger partial charge in [-0.3, -0.25) is 9.48 Å². The monoisotopic (exact) mass is 389 g/mol. The molecule has 0 radical (unpaired) electrons. The summed E-state index contributed by atoms with van der Waals surface area (Å²) in [5.74, 6) is 0.689. The molecule has 1 heterocycles. The summed E-state index contributed by atoms with van der Waals surface area (Å²) in [5.41, 5.74) is 1.23. The Balaban J connectivity index is 1.74. The summed E-state index contributed by atoms with van der Waals surface area (Å²) in [6.45, 7) is 2.76. The van der Waals surface area contributed by atoms with Crippen molar-refractivity contribution >= 4 is 34.9 Å². The van der Waals surface area contributed by atoms with Crippen LogP contribution in [0.15, 0.2) is 54.7 Å². The highest BCUT2D eigenvalue weighted by molar-refractivity contribution is 6.35. The van der Waals surface area contributed by atoms with Crippen LogP contribution in [-0.4, -0.2) is 22.3 Å². The van der Waals surface area contributed by atoms with Gasteiger partial charge in [-0.1, -0.05) is 41.4 Å². The number of carbonyl (C=O) groups is 1. The number of ether oxygens (including phenoxy) is 1. The highest BCUT2D eigenvalue weighted by atomic mass is 35.5. The van der Waals surface area contributed by atoms with Gasteiger partial charge in [-0.2, -0.15) is 5.10 Å². The Morgan fingerprint density at radius 3 is 2.58 bits per heavy atom. The van der Waals surface area contributed by atoms with E-state index in [-0.39, 0.29) is 5.91 Å². The van der Waals surface area contributed by atoms with Crippen molar-refractivity contribution in [3.63, 3.8) is 0 Å². The SMILES string of the molecule is CCOc1ccccc1C(=O)Nc1ccn(Cc2c(Cl)cccc2Cl)n1. The lowest BCUT2D eigenvalue weighted by molar-refractivity contribution is 0.102. The van der Waals surface area contributed by atoms with Gasteiger partial charge in [0.1, 0.15) is 5.75 Å². The Kier molecular flexibility index (Phi) is 5.81. The highest BCUT2D eigenvalue weighted by Crippen LogP contribution is 2.25. The van der Waals surface area contributed by atoms with Crippen LogP contribution in [-0.2, 0) is 6.54 Å². The number of hydrogen-bond donors (Lipinski definition) is 1. The summed E-state index contributed by atoms with van der Waals surface area (Å²) in [5, 5.41) is 8.28. The molecule has 26 heavy (non-hydrogen) atoms. The molecule has 0 unspecified atom stereocenters. The van der Waals surface area contributed by atoms with E-state index in [1.54, 1.807) is 53.3 Å². The normalized spacial score (nSPS) is 10.6. The Morgan fingerprint density at radius 2 is 1.85 bits per heavy atom. The number of nitrogens with zero attached hydrogens (tertiary/aromatic N) is 2. The molecule has 0 spiro atoms. The summed E-state index contributed by atoms with van der Waals surface area (Å²) in [6, 6.07) is 14.1. The smallest absolute Gasteiger partial charge is 0.260 e. The lowest BCUT2D eigenvalue weighted by Crippen LogP contribution is -2.14. The summed E-state index contributed by atoms with van der Waals surface area (Å²) in [6.07, 6.45) is 1.75. The van der Waals surface area contributed by atoms with E-state index in [9.17, 15) is 4.79 Å². The molecular weight excluding hydrogens is 373 g/mol.